The van der Waals surface area contributed by atoms with Gasteiger partial charge in [0.15, 0.2) is 0 Å². The maximum absolute atomic E-state index is 6.65. The molecule has 4 heteroatoms. The summed E-state index contributed by atoms with van der Waals surface area (Å²) in [6, 6.07) is 6.62. The molecule has 0 heterocycles. The zero-order chi connectivity index (χ0) is 25.5. The van der Waals surface area contributed by atoms with E-state index < -0.39 is 8.60 Å². The molecular formula is C30H39O3P. The summed E-state index contributed by atoms with van der Waals surface area (Å²) in [4.78, 5) is 0. The number of hydrogen-bond donors (Lipinski definition) is 0. The average Bonchev–Trinajstić information content (AvgIpc) is 2.77. The molecule has 0 aliphatic heterocycles. The van der Waals surface area contributed by atoms with Gasteiger partial charge in [-0.15, -0.1) is 0 Å². The third kappa shape index (κ3) is 4.96. The van der Waals surface area contributed by atoms with Crippen LogP contribution in [0.15, 0.2) is 18.2 Å². The number of hydrogen-bond acceptors (Lipinski definition) is 3. The normalized spacial score (nSPS) is 11.2. The van der Waals surface area contributed by atoms with Crippen LogP contribution < -0.4 is 13.6 Å². The van der Waals surface area contributed by atoms with Gasteiger partial charge in [0, 0.05) is 0 Å². The Bertz CT molecular complexity index is 1020. The van der Waals surface area contributed by atoms with E-state index in [2.05, 4.69) is 101 Å². The van der Waals surface area contributed by atoms with Crippen molar-refractivity contribution in [2.45, 2.75) is 83.1 Å². The summed E-state index contributed by atoms with van der Waals surface area (Å²) in [6.45, 7) is 25.3. The predicted molar refractivity (Wildman–Crippen MR) is 145 cm³/mol. The molecule has 0 aliphatic rings. The van der Waals surface area contributed by atoms with E-state index in [-0.39, 0.29) is 0 Å². The molecule has 0 amide bonds. The summed E-state index contributed by atoms with van der Waals surface area (Å²) in [6.07, 6.45) is 0. The minimum atomic E-state index is -1.76. The van der Waals surface area contributed by atoms with Crippen LogP contribution in [0.3, 0.4) is 0 Å². The second-order valence-corrected chi connectivity index (χ2v) is 10.8. The lowest BCUT2D eigenvalue weighted by atomic mass is 10.0. The molecule has 0 saturated heterocycles. The molecule has 0 aliphatic carbocycles. The van der Waals surface area contributed by atoms with E-state index in [9.17, 15) is 0 Å². The topological polar surface area (TPSA) is 27.7 Å². The Morgan fingerprint density at radius 3 is 0.706 bits per heavy atom. The lowest BCUT2D eigenvalue weighted by Crippen LogP contribution is -2.09. The van der Waals surface area contributed by atoms with Gasteiger partial charge in [-0.2, -0.15) is 0 Å². The van der Waals surface area contributed by atoms with Crippen molar-refractivity contribution in [3.63, 3.8) is 0 Å². The Morgan fingerprint density at radius 2 is 0.529 bits per heavy atom. The van der Waals surface area contributed by atoms with Gasteiger partial charge in [-0.1, -0.05) is 18.2 Å². The predicted octanol–water partition coefficient (Wildman–Crippen LogP) is 9.15. The summed E-state index contributed by atoms with van der Waals surface area (Å²) >= 11 is 0. The molecule has 0 saturated carbocycles. The van der Waals surface area contributed by atoms with Crippen LogP contribution in [0.1, 0.15) is 66.8 Å². The molecule has 0 atom stereocenters. The van der Waals surface area contributed by atoms with Crippen molar-refractivity contribution < 1.29 is 13.6 Å². The van der Waals surface area contributed by atoms with E-state index in [1.165, 1.54) is 33.4 Å². The molecule has 3 aromatic carbocycles. The van der Waals surface area contributed by atoms with Crippen LogP contribution in [-0.4, -0.2) is 0 Å². The Morgan fingerprint density at radius 1 is 0.353 bits per heavy atom. The van der Waals surface area contributed by atoms with Crippen molar-refractivity contribution in [3.8, 4) is 17.2 Å². The van der Waals surface area contributed by atoms with Crippen LogP contribution in [0, 0.1) is 83.1 Å². The Balaban J connectivity index is 2.15. The Labute approximate surface area is 207 Å². The minimum absolute atomic E-state index is 0.850. The highest BCUT2D eigenvalue weighted by atomic mass is 31.2. The molecule has 0 bridgehead atoms. The lowest BCUT2D eigenvalue weighted by Gasteiger charge is -2.25. The van der Waals surface area contributed by atoms with Gasteiger partial charge in [0.05, 0.1) is 0 Å². The fourth-order valence-corrected chi connectivity index (χ4v) is 5.61. The van der Waals surface area contributed by atoms with E-state index in [1.807, 2.05) is 0 Å². The van der Waals surface area contributed by atoms with Crippen molar-refractivity contribution in [2.75, 3.05) is 0 Å². The first-order valence-corrected chi connectivity index (χ1v) is 13.0. The summed E-state index contributed by atoms with van der Waals surface area (Å²) < 4.78 is 19.9. The summed E-state index contributed by atoms with van der Waals surface area (Å²) in [5.74, 6) is 2.55. The van der Waals surface area contributed by atoms with Gasteiger partial charge >= 0.3 is 8.60 Å². The molecule has 0 radical (unpaired) electrons. The summed E-state index contributed by atoms with van der Waals surface area (Å²) in [7, 11) is -1.76. The van der Waals surface area contributed by atoms with Crippen LogP contribution in [0.2, 0.25) is 0 Å². The van der Waals surface area contributed by atoms with Crippen molar-refractivity contribution in [3.05, 3.63) is 85.0 Å². The van der Waals surface area contributed by atoms with Crippen molar-refractivity contribution in [1.82, 2.24) is 0 Å². The molecule has 3 rings (SSSR count). The van der Waals surface area contributed by atoms with Crippen molar-refractivity contribution >= 4 is 8.60 Å². The minimum Gasteiger partial charge on any atom is -0.408 e. The van der Waals surface area contributed by atoms with E-state index in [1.54, 1.807) is 0 Å². The Kier molecular flexibility index (Phi) is 7.68. The first-order chi connectivity index (χ1) is 15.8. The van der Waals surface area contributed by atoms with Gasteiger partial charge in [0.25, 0.3) is 0 Å². The Hall–Kier alpha value is -2.51. The van der Waals surface area contributed by atoms with E-state index in [0.29, 0.717) is 0 Å². The summed E-state index contributed by atoms with van der Waals surface area (Å²) in [5.41, 5.74) is 13.9. The van der Waals surface area contributed by atoms with E-state index in [4.69, 9.17) is 13.6 Å². The third-order valence-electron chi connectivity index (χ3n) is 7.39. The average molecular weight is 479 g/mol. The van der Waals surface area contributed by atoms with Gasteiger partial charge in [-0.3, -0.25) is 0 Å². The fourth-order valence-electron chi connectivity index (χ4n) is 4.23. The summed E-state index contributed by atoms with van der Waals surface area (Å²) in [5, 5.41) is 0. The first-order valence-electron chi connectivity index (χ1n) is 11.9. The zero-order valence-electron chi connectivity index (χ0n) is 22.9. The first kappa shape index (κ1) is 26.1. The molecule has 0 fully saturated rings. The van der Waals surface area contributed by atoms with Gasteiger partial charge in [-0.25, -0.2) is 0 Å². The van der Waals surface area contributed by atoms with Crippen LogP contribution in [0.25, 0.3) is 0 Å². The highest BCUT2D eigenvalue weighted by Gasteiger charge is 2.27. The largest absolute Gasteiger partial charge is 0.530 e. The molecule has 0 N–H and O–H groups in total. The highest BCUT2D eigenvalue weighted by Crippen LogP contribution is 2.49. The molecule has 0 unspecified atom stereocenters. The third-order valence-corrected chi connectivity index (χ3v) is 8.38. The zero-order valence-corrected chi connectivity index (χ0v) is 23.8. The fraction of sp³-hybridized carbons (Fsp3) is 0.400. The monoisotopic (exact) mass is 478 g/mol. The second-order valence-electron chi connectivity index (χ2n) is 9.77. The quantitative estimate of drug-likeness (QED) is 0.331. The number of aryl methyl sites for hydroxylation is 6. The van der Waals surface area contributed by atoms with Crippen molar-refractivity contribution in [2.24, 2.45) is 0 Å². The molecule has 3 nitrogen and oxygen atoms in total. The van der Waals surface area contributed by atoms with E-state index in [0.717, 1.165) is 50.6 Å². The maximum Gasteiger partial charge on any atom is 0.530 e. The molecule has 182 valence electrons. The number of rotatable bonds is 6. The van der Waals surface area contributed by atoms with Crippen LogP contribution >= 0.6 is 8.60 Å². The molecule has 0 spiro atoms. The molecule has 0 aromatic heterocycles. The molecular weight excluding hydrogens is 439 g/mol. The van der Waals surface area contributed by atoms with E-state index >= 15 is 0 Å². The standard InChI is InChI=1S/C30H39O3P/c1-16-13-17(2)23(8)28(22(16)7)31-34(32-29-24(9)18(3)14-19(4)25(29)10)33-30-26(11)20(5)15-21(6)27(30)12/h13-15H,1-12H3. The smallest absolute Gasteiger partial charge is 0.408 e. The van der Waals surface area contributed by atoms with Crippen LogP contribution in [-0.2, 0) is 0 Å². The van der Waals surface area contributed by atoms with Crippen LogP contribution in [0.4, 0.5) is 0 Å². The molecule has 3 aromatic rings. The SMILES string of the molecule is Cc1cc(C)c(C)c(OP(Oc2c(C)c(C)cc(C)c2C)Oc2c(C)c(C)cc(C)c2C)c1C. The highest BCUT2D eigenvalue weighted by molar-refractivity contribution is 7.43. The van der Waals surface area contributed by atoms with Crippen molar-refractivity contribution in [1.29, 1.82) is 0 Å². The molecule has 34 heavy (non-hydrogen) atoms. The maximum atomic E-state index is 6.65. The number of benzene rings is 3. The van der Waals surface area contributed by atoms with Gasteiger partial charge < -0.3 is 13.6 Å². The van der Waals surface area contributed by atoms with Gasteiger partial charge in [0.2, 0.25) is 0 Å². The van der Waals surface area contributed by atoms with Gasteiger partial charge in [-0.05, 0) is 150 Å². The second kappa shape index (κ2) is 10.0. The van der Waals surface area contributed by atoms with Gasteiger partial charge in [0.1, 0.15) is 17.2 Å². The lowest BCUT2D eigenvalue weighted by molar-refractivity contribution is 0.381. The van der Waals surface area contributed by atoms with Crippen LogP contribution in [0.5, 0.6) is 17.2 Å².